The number of rotatable bonds is 6. The maximum atomic E-state index is 12.3. The van der Waals surface area contributed by atoms with E-state index in [1.165, 1.54) is 0 Å². The summed E-state index contributed by atoms with van der Waals surface area (Å²) in [7, 11) is 0. The summed E-state index contributed by atoms with van der Waals surface area (Å²) in [6, 6.07) is 17.5. The minimum Gasteiger partial charge on any atom is -0.444 e. The molecule has 1 heterocycles. The maximum Gasteiger partial charge on any atom is 0.414 e. The van der Waals surface area contributed by atoms with Gasteiger partial charge in [-0.3, -0.25) is 15.6 Å². The van der Waals surface area contributed by atoms with Crippen LogP contribution in [0.5, 0.6) is 0 Å². The SMILES string of the molecule is CC(C)(C)OC(=O)NC(=NCCNc1cccc2c1[nH]c1ccc(Nc3ccc(Cl)c(Cl)c3)cc12)NC(=O)OC(C)(C)C. The number of hydrogen-bond donors (Lipinski definition) is 5. The zero-order valence-electron chi connectivity index (χ0n) is 24.9. The van der Waals surface area contributed by atoms with E-state index in [0.717, 1.165) is 38.9 Å². The van der Waals surface area contributed by atoms with E-state index < -0.39 is 23.4 Å². The molecule has 0 aliphatic heterocycles. The number of aliphatic imine (C=N–C) groups is 1. The second-order valence-corrected chi connectivity index (χ2v) is 12.6. The number of carbonyl (C=O) groups is 2. The van der Waals surface area contributed by atoms with Crippen LogP contribution in [0.15, 0.2) is 59.6 Å². The van der Waals surface area contributed by atoms with Crippen molar-refractivity contribution in [3.63, 3.8) is 0 Å². The van der Waals surface area contributed by atoms with Gasteiger partial charge in [-0.1, -0.05) is 35.3 Å². The number of nitrogens with zero attached hydrogens (tertiary/aromatic N) is 1. The lowest BCUT2D eigenvalue weighted by Crippen LogP contribution is -2.47. The van der Waals surface area contributed by atoms with Gasteiger partial charge >= 0.3 is 12.2 Å². The Morgan fingerprint density at radius 3 is 2.07 bits per heavy atom. The van der Waals surface area contributed by atoms with E-state index in [1.807, 2.05) is 36.4 Å². The van der Waals surface area contributed by atoms with Gasteiger partial charge in [0.15, 0.2) is 0 Å². The fraction of sp³-hybridized carbons (Fsp3) is 0.323. The molecular formula is C31H36Cl2N6O4. The van der Waals surface area contributed by atoms with Crippen LogP contribution >= 0.6 is 23.2 Å². The molecular weight excluding hydrogens is 591 g/mol. The van der Waals surface area contributed by atoms with Crippen molar-refractivity contribution in [2.45, 2.75) is 52.7 Å². The number of para-hydroxylation sites is 1. The zero-order valence-corrected chi connectivity index (χ0v) is 26.5. The zero-order chi connectivity index (χ0) is 31.4. The van der Waals surface area contributed by atoms with Crippen molar-refractivity contribution in [1.29, 1.82) is 0 Å². The van der Waals surface area contributed by atoms with Crippen LogP contribution < -0.4 is 21.3 Å². The van der Waals surface area contributed by atoms with Gasteiger partial charge in [-0.15, -0.1) is 0 Å². The van der Waals surface area contributed by atoms with E-state index in [9.17, 15) is 9.59 Å². The van der Waals surface area contributed by atoms with Gasteiger partial charge in [0.2, 0.25) is 5.96 Å². The third-order valence-corrected chi connectivity index (χ3v) is 6.52. The lowest BCUT2D eigenvalue weighted by molar-refractivity contribution is 0.0545. The molecule has 0 aliphatic carbocycles. The quantitative estimate of drug-likeness (QED) is 0.0833. The third kappa shape index (κ3) is 9.17. The summed E-state index contributed by atoms with van der Waals surface area (Å²) >= 11 is 12.2. The minimum atomic E-state index is -0.744. The lowest BCUT2D eigenvalue weighted by Gasteiger charge is -2.22. The number of guanidine groups is 1. The summed E-state index contributed by atoms with van der Waals surface area (Å²) in [5.41, 5.74) is 3.09. The molecule has 0 fully saturated rings. The Labute approximate surface area is 260 Å². The molecule has 228 valence electrons. The average Bonchev–Trinajstić information content (AvgIpc) is 3.25. The van der Waals surface area contributed by atoms with Gasteiger partial charge in [-0.2, -0.15) is 0 Å². The molecule has 1 aromatic heterocycles. The highest BCUT2D eigenvalue weighted by atomic mass is 35.5. The maximum absolute atomic E-state index is 12.3. The van der Waals surface area contributed by atoms with Crippen LogP contribution in [-0.2, 0) is 9.47 Å². The molecule has 10 nitrogen and oxygen atoms in total. The molecule has 43 heavy (non-hydrogen) atoms. The van der Waals surface area contributed by atoms with E-state index >= 15 is 0 Å². The van der Waals surface area contributed by atoms with Crippen molar-refractivity contribution in [1.82, 2.24) is 15.6 Å². The molecule has 0 bridgehead atoms. The summed E-state index contributed by atoms with van der Waals surface area (Å²) < 4.78 is 10.6. The Hall–Kier alpha value is -4.15. The van der Waals surface area contributed by atoms with Gasteiger partial charge in [0, 0.05) is 34.2 Å². The number of carbonyl (C=O) groups excluding carboxylic acids is 2. The second kappa shape index (κ2) is 13.0. The normalized spacial score (nSPS) is 11.6. The van der Waals surface area contributed by atoms with Gasteiger partial charge in [0.05, 0.1) is 27.8 Å². The number of alkyl carbamates (subject to hydrolysis) is 2. The number of fused-ring (bicyclic) bond motifs is 3. The summed E-state index contributed by atoms with van der Waals surface area (Å²) in [6.45, 7) is 11.1. The van der Waals surface area contributed by atoms with E-state index in [-0.39, 0.29) is 12.5 Å². The van der Waals surface area contributed by atoms with Gasteiger partial charge in [0.25, 0.3) is 0 Å². The van der Waals surface area contributed by atoms with Crippen LogP contribution in [-0.4, -0.2) is 47.4 Å². The van der Waals surface area contributed by atoms with Gasteiger partial charge in [0.1, 0.15) is 11.2 Å². The van der Waals surface area contributed by atoms with Gasteiger partial charge < -0.3 is 25.1 Å². The Balaban J connectivity index is 1.48. The largest absolute Gasteiger partial charge is 0.444 e. The first-order valence-corrected chi connectivity index (χ1v) is 14.5. The van der Waals surface area contributed by atoms with Gasteiger partial charge in [-0.25, -0.2) is 9.59 Å². The number of aromatic amines is 1. The molecule has 0 saturated carbocycles. The molecule has 0 spiro atoms. The predicted molar refractivity (Wildman–Crippen MR) is 175 cm³/mol. The fourth-order valence-electron chi connectivity index (χ4n) is 4.16. The van der Waals surface area contributed by atoms with Crippen LogP contribution in [0.4, 0.5) is 26.7 Å². The van der Waals surface area contributed by atoms with E-state index in [2.05, 4.69) is 37.3 Å². The highest BCUT2D eigenvalue weighted by molar-refractivity contribution is 6.42. The van der Waals surface area contributed by atoms with Crippen molar-refractivity contribution < 1.29 is 19.1 Å². The molecule has 5 N–H and O–H groups in total. The molecule has 0 aliphatic rings. The van der Waals surface area contributed by atoms with Crippen LogP contribution in [0.1, 0.15) is 41.5 Å². The first kappa shape index (κ1) is 31.8. The first-order chi connectivity index (χ1) is 20.2. The van der Waals surface area contributed by atoms with E-state index in [1.54, 1.807) is 53.7 Å². The number of nitrogens with one attached hydrogen (secondary N) is 5. The van der Waals surface area contributed by atoms with Crippen molar-refractivity contribution >= 4 is 80.2 Å². The number of H-pyrrole nitrogens is 1. The number of benzene rings is 3. The second-order valence-electron chi connectivity index (χ2n) is 11.8. The monoisotopic (exact) mass is 626 g/mol. The number of anilines is 3. The molecule has 0 unspecified atom stereocenters. The molecule has 12 heteroatoms. The molecule has 0 saturated heterocycles. The van der Waals surface area contributed by atoms with Gasteiger partial charge in [-0.05, 0) is 84.0 Å². The van der Waals surface area contributed by atoms with Crippen LogP contribution in [0.2, 0.25) is 10.0 Å². The first-order valence-electron chi connectivity index (χ1n) is 13.7. The molecule has 0 atom stereocenters. The Morgan fingerprint density at radius 2 is 1.44 bits per heavy atom. The standard InChI is InChI=1S/C31H36Cl2N6O4/c1-30(2,3)42-28(40)38-27(39-29(41)43-31(4,5)6)35-15-14-34-25-9-7-8-20-21-16-18(11-13-24(21)37-26(20)25)36-19-10-12-22(32)23(33)17-19/h7-13,16-17,34,36-37H,14-15H2,1-6H3,(H2,35,38,39,40,41). The lowest BCUT2D eigenvalue weighted by atomic mass is 10.1. The summed E-state index contributed by atoms with van der Waals surface area (Å²) in [6.07, 6.45) is -1.49. The van der Waals surface area contributed by atoms with Crippen LogP contribution in [0, 0.1) is 0 Å². The van der Waals surface area contributed by atoms with Crippen molar-refractivity contribution in [3.05, 3.63) is 64.6 Å². The molecule has 0 radical (unpaired) electrons. The summed E-state index contributed by atoms with van der Waals surface area (Å²) in [5, 5.41) is 14.8. The smallest absolute Gasteiger partial charge is 0.414 e. The molecule has 4 rings (SSSR count). The minimum absolute atomic E-state index is 0.0730. The Morgan fingerprint density at radius 1 is 0.814 bits per heavy atom. The number of halogens is 2. The number of hydrogen-bond acceptors (Lipinski definition) is 7. The number of aromatic nitrogens is 1. The Bertz CT molecular complexity index is 1640. The Kier molecular flexibility index (Phi) is 9.62. The fourth-order valence-corrected chi connectivity index (χ4v) is 4.46. The molecule has 2 amide bonds. The predicted octanol–water partition coefficient (Wildman–Crippen LogP) is 8.19. The van der Waals surface area contributed by atoms with Crippen molar-refractivity contribution in [2.75, 3.05) is 23.7 Å². The van der Waals surface area contributed by atoms with Crippen molar-refractivity contribution in [3.8, 4) is 0 Å². The highest BCUT2D eigenvalue weighted by Gasteiger charge is 2.21. The van der Waals surface area contributed by atoms with Crippen molar-refractivity contribution in [2.24, 2.45) is 4.99 Å². The van der Waals surface area contributed by atoms with Crippen LogP contribution in [0.25, 0.3) is 21.8 Å². The average molecular weight is 628 g/mol. The third-order valence-electron chi connectivity index (χ3n) is 5.78. The summed E-state index contributed by atoms with van der Waals surface area (Å²) in [5.74, 6) is -0.0730. The topological polar surface area (TPSA) is 129 Å². The van der Waals surface area contributed by atoms with Crippen LogP contribution in [0.3, 0.4) is 0 Å². The summed E-state index contributed by atoms with van der Waals surface area (Å²) in [4.78, 5) is 32.5. The molecule has 3 aromatic carbocycles. The van der Waals surface area contributed by atoms with E-state index in [0.29, 0.717) is 16.6 Å². The molecule has 4 aromatic rings. The number of ether oxygens (including phenoxy) is 2. The number of amides is 2. The van der Waals surface area contributed by atoms with E-state index in [4.69, 9.17) is 32.7 Å². The highest BCUT2D eigenvalue weighted by Crippen LogP contribution is 2.33.